The first-order chi connectivity index (χ1) is 22.7. The van der Waals surface area contributed by atoms with Crippen molar-refractivity contribution < 1.29 is 28.1 Å². The fraction of sp³-hybridized carbons (Fsp3) is 0.250. The average Bonchev–Trinajstić information content (AvgIpc) is 3.52. The molecule has 5 aromatic rings. The van der Waals surface area contributed by atoms with Gasteiger partial charge in [0.1, 0.15) is 5.82 Å². The number of thiazole rings is 1. The molecule has 242 valence electrons. The van der Waals surface area contributed by atoms with Crippen molar-refractivity contribution in [3.8, 4) is 17.2 Å². The molecule has 11 heteroatoms. The number of nitrogens with zero attached hydrogens (tertiary/aromatic N) is 3. The smallest absolute Gasteiger partial charge is 0.338 e. The molecule has 9 nitrogen and oxygen atoms in total. The fourth-order valence-electron chi connectivity index (χ4n) is 6.11. The van der Waals surface area contributed by atoms with Crippen molar-refractivity contribution in [1.82, 2.24) is 9.13 Å². The molecule has 1 atom stereocenters. The van der Waals surface area contributed by atoms with Crippen LogP contribution in [0.25, 0.3) is 17.0 Å². The van der Waals surface area contributed by atoms with Crippen molar-refractivity contribution in [2.75, 3.05) is 27.9 Å². The maximum atomic E-state index is 14.4. The quantitative estimate of drug-likeness (QED) is 0.201. The number of ether oxygens (including phenoxy) is 4. The van der Waals surface area contributed by atoms with Crippen molar-refractivity contribution >= 4 is 34.3 Å². The van der Waals surface area contributed by atoms with Gasteiger partial charge in [0.15, 0.2) is 16.3 Å². The highest BCUT2D eigenvalue weighted by Crippen LogP contribution is 2.42. The summed E-state index contributed by atoms with van der Waals surface area (Å²) in [7, 11) is 4.53. The Hall–Kier alpha value is -5.16. The highest BCUT2D eigenvalue weighted by molar-refractivity contribution is 7.07. The number of rotatable bonds is 9. The lowest BCUT2D eigenvalue weighted by molar-refractivity contribution is -0.139. The summed E-state index contributed by atoms with van der Waals surface area (Å²) in [5, 5.41) is 0.975. The summed E-state index contributed by atoms with van der Waals surface area (Å²) in [6, 6.07) is 17.0. The molecule has 0 radical (unpaired) electrons. The number of hydrogen-bond donors (Lipinski definition) is 0. The number of hydrogen-bond acceptors (Lipinski definition) is 8. The molecule has 0 unspecified atom stereocenters. The number of carbonyl (C=O) groups excluding carboxylic acids is 1. The van der Waals surface area contributed by atoms with Crippen molar-refractivity contribution in [2.45, 2.75) is 33.4 Å². The lowest BCUT2D eigenvalue weighted by Crippen LogP contribution is -2.40. The molecular formula is C36H34FN3O6S. The van der Waals surface area contributed by atoms with Crippen LogP contribution in [0.15, 0.2) is 81.7 Å². The number of carbonyl (C=O) groups is 1. The number of para-hydroxylation sites is 1. The van der Waals surface area contributed by atoms with Gasteiger partial charge >= 0.3 is 5.97 Å². The summed E-state index contributed by atoms with van der Waals surface area (Å²) in [5.74, 6) is 0.293. The van der Waals surface area contributed by atoms with Gasteiger partial charge in [-0.1, -0.05) is 41.7 Å². The second-order valence-electron chi connectivity index (χ2n) is 11.0. The molecule has 47 heavy (non-hydrogen) atoms. The maximum absolute atomic E-state index is 14.4. The molecule has 1 aliphatic rings. The van der Waals surface area contributed by atoms with Gasteiger partial charge < -0.3 is 23.5 Å². The van der Waals surface area contributed by atoms with E-state index in [1.807, 2.05) is 37.3 Å². The van der Waals surface area contributed by atoms with Crippen LogP contribution in [0.1, 0.15) is 42.3 Å². The molecule has 0 bridgehead atoms. The number of esters is 1. The van der Waals surface area contributed by atoms with Crippen molar-refractivity contribution in [1.29, 1.82) is 0 Å². The first-order valence-corrected chi connectivity index (χ1v) is 15.8. The van der Waals surface area contributed by atoms with Gasteiger partial charge in [0, 0.05) is 28.7 Å². The summed E-state index contributed by atoms with van der Waals surface area (Å²) in [4.78, 5) is 33.0. The van der Waals surface area contributed by atoms with Gasteiger partial charge in [-0.3, -0.25) is 9.36 Å². The van der Waals surface area contributed by atoms with Crippen molar-refractivity contribution in [3.63, 3.8) is 0 Å². The minimum absolute atomic E-state index is 0.156. The van der Waals surface area contributed by atoms with E-state index >= 15 is 0 Å². The highest BCUT2D eigenvalue weighted by atomic mass is 32.1. The van der Waals surface area contributed by atoms with E-state index in [1.54, 1.807) is 38.1 Å². The van der Waals surface area contributed by atoms with Crippen LogP contribution in [0.2, 0.25) is 0 Å². The summed E-state index contributed by atoms with van der Waals surface area (Å²) >= 11 is 1.25. The molecule has 3 aromatic carbocycles. The molecule has 0 aliphatic carbocycles. The second kappa shape index (κ2) is 12.9. The zero-order chi connectivity index (χ0) is 33.4. The Bertz CT molecular complexity index is 2200. The maximum Gasteiger partial charge on any atom is 0.338 e. The van der Waals surface area contributed by atoms with Gasteiger partial charge in [0.25, 0.3) is 5.56 Å². The number of fused-ring (bicyclic) bond motifs is 2. The molecule has 0 amide bonds. The third-order valence-corrected chi connectivity index (χ3v) is 9.31. The Labute approximate surface area is 274 Å². The molecule has 1 aliphatic heterocycles. The SMILES string of the molecule is CCOC(=O)C1=C(C)N=c2s/c(=C\c3c(C)n(Cc4ccc(F)cc4)c4ccccc34)c(=O)n2[C@@H]1c1cc(OC)c(OC)c(OC)c1. The number of allylic oxidation sites excluding steroid dienone is 1. The predicted molar refractivity (Wildman–Crippen MR) is 179 cm³/mol. The summed E-state index contributed by atoms with van der Waals surface area (Å²) in [5.41, 5.74) is 4.73. The van der Waals surface area contributed by atoms with Crippen LogP contribution in [0.4, 0.5) is 4.39 Å². The minimum atomic E-state index is -0.873. The van der Waals surface area contributed by atoms with Crippen molar-refractivity contribution in [2.24, 2.45) is 4.99 Å². The standard InChI is InChI=1S/C36H34FN3O6S/c1-7-46-35(42)31-20(2)38-36-40(32(31)23-16-28(43-4)33(45-6)29(17-23)44-5)34(41)30(47-36)18-26-21(3)39(27-11-9-8-10-25(26)27)19-22-12-14-24(37)15-13-22/h8-18,32H,7,19H2,1-6H3/b30-18-/t32-/m1/s1. The fourth-order valence-corrected chi connectivity index (χ4v) is 7.14. The third-order valence-electron chi connectivity index (χ3n) is 8.33. The van der Waals surface area contributed by atoms with Crippen LogP contribution in [0.5, 0.6) is 17.2 Å². The molecular weight excluding hydrogens is 621 g/mol. The number of methoxy groups -OCH3 is 3. The molecule has 0 N–H and O–H groups in total. The molecule has 3 heterocycles. The predicted octanol–water partition coefficient (Wildman–Crippen LogP) is 5.27. The molecule has 6 rings (SSSR count). The zero-order valence-electron chi connectivity index (χ0n) is 26.9. The number of benzene rings is 3. The monoisotopic (exact) mass is 655 g/mol. The van der Waals surface area contributed by atoms with Gasteiger partial charge in [0.2, 0.25) is 5.75 Å². The number of halogens is 1. The second-order valence-corrected chi connectivity index (χ2v) is 12.0. The normalized spacial score (nSPS) is 14.6. The Kier molecular flexibility index (Phi) is 8.74. The van der Waals surface area contributed by atoms with Gasteiger partial charge in [-0.05, 0) is 68.3 Å². The van der Waals surface area contributed by atoms with E-state index in [9.17, 15) is 14.0 Å². The molecule has 0 spiro atoms. The molecule has 2 aromatic heterocycles. The van der Waals surface area contributed by atoms with E-state index in [-0.39, 0.29) is 23.6 Å². The third kappa shape index (κ3) is 5.61. The largest absolute Gasteiger partial charge is 0.493 e. The Balaban J connectivity index is 1.57. The zero-order valence-corrected chi connectivity index (χ0v) is 27.7. The Morgan fingerprint density at radius 2 is 1.68 bits per heavy atom. The van der Waals surface area contributed by atoms with Gasteiger partial charge in [-0.2, -0.15) is 0 Å². The van der Waals surface area contributed by atoms with E-state index in [0.29, 0.717) is 44.4 Å². The van der Waals surface area contributed by atoms with Crippen LogP contribution in [0, 0.1) is 12.7 Å². The van der Waals surface area contributed by atoms with E-state index in [2.05, 4.69) is 4.57 Å². The van der Waals surface area contributed by atoms with E-state index in [4.69, 9.17) is 23.9 Å². The van der Waals surface area contributed by atoms with Gasteiger partial charge in [0.05, 0.1) is 49.8 Å². The first-order valence-electron chi connectivity index (χ1n) is 15.0. The van der Waals surface area contributed by atoms with Crippen LogP contribution < -0.4 is 29.1 Å². The first kappa shape index (κ1) is 31.8. The lowest BCUT2D eigenvalue weighted by Gasteiger charge is -2.26. The topological polar surface area (TPSA) is 93.3 Å². The van der Waals surface area contributed by atoms with E-state index in [0.717, 1.165) is 27.7 Å². The summed E-state index contributed by atoms with van der Waals surface area (Å²) in [6.07, 6.45) is 1.89. The van der Waals surface area contributed by atoms with Crippen LogP contribution in [-0.4, -0.2) is 43.0 Å². The Morgan fingerprint density at radius 1 is 1.00 bits per heavy atom. The summed E-state index contributed by atoms with van der Waals surface area (Å²) in [6.45, 7) is 6.16. The van der Waals surface area contributed by atoms with Crippen molar-refractivity contribution in [3.05, 3.63) is 120 Å². The molecule has 0 saturated carbocycles. The molecule has 0 fully saturated rings. The average molecular weight is 656 g/mol. The lowest BCUT2D eigenvalue weighted by atomic mass is 9.95. The Morgan fingerprint density at radius 3 is 2.32 bits per heavy atom. The van der Waals surface area contributed by atoms with Crippen LogP contribution >= 0.6 is 11.3 Å². The summed E-state index contributed by atoms with van der Waals surface area (Å²) < 4.78 is 40.0. The highest BCUT2D eigenvalue weighted by Gasteiger charge is 2.35. The minimum Gasteiger partial charge on any atom is -0.493 e. The van der Waals surface area contributed by atoms with Gasteiger partial charge in [-0.25, -0.2) is 14.2 Å². The van der Waals surface area contributed by atoms with Crippen LogP contribution in [-0.2, 0) is 16.1 Å². The van der Waals surface area contributed by atoms with Gasteiger partial charge in [-0.15, -0.1) is 0 Å². The number of aromatic nitrogens is 2. The van der Waals surface area contributed by atoms with Crippen LogP contribution in [0.3, 0.4) is 0 Å². The molecule has 0 saturated heterocycles. The van der Waals surface area contributed by atoms with E-state index in [1.165, 1.54) is 49.4 Å². The van der Waals surface area contributed by atoms with E-state index < -0.39 is 12.0 Å².